The van der Waals surface area contributed by atoms with Crippen LogP contribution < -0.4 is 16.0 Å². The molecule has 1 amide bonds. The van der Waals surface area contributed by atoms with E-state index in [1.165, 1.54) is 0 Å². The van der Waals surface area contributed by atoms with Crippen LogP contribution in [0.2, 0.25) is 0 Å². The molecular formula is C11H14N4OS. The van der Waals surface area contributed by atoms with Crippen LogP contribution in [0.15, 0.2) is 18.2 Å². The minimum Gasteiger partial charge on any atom is -0.388 e. The molecule has 90 valence electrons. The molecule has 1 fully saturated rings. The van der Waals surface area contributed by atoms with Crippen molar-refractivity contribution >= 4 is 28.9 Å². The smallest absolute Gasteiger partial charge is 0.239 e. The lowest BCUT2D eigenvalue weighted by Crippen LogP contribution is -2.33. The summed E-state index contributed by atoms with van der Waals surface area (Å²) in [5.74, 6) is 0.761. The fourth-order valence-electron chi connectivity index (χ4n) is 1.74. The lowest BCUT2D eigenvalue weighted by Gasteiger charge is -2.20. The summed E-state index contributed by atoms with van der Waals surface area (Å²) in [6.07, 6.45) is 0.907. The summed E-state index contributed by atoms with van der Waals surface area (Å²) in [5.41, 5.74) is 6.13. The molecule has 0 aromatic carbocycles. The highest BCUT2D eigenvalue weighted by molar-refractivity contribution is 7.80. The fraction of sp³-hybridized carbons (Fsp3) is 0.364. The SMILES string of the molecule is NC(=S)c1cccc(N2CCCNC(=O)C2)n1. The largest absolute Gasteiger partial charge is 0.388 e. The molecule has 2 rings (SSSR count). The standard InChI is InChI=1S/C11H14N4OS/c12-11(17)8-3-1-4-9(14-8)15-6-2-5-13-10(16)7-15/h1,3-4H,2,5-7H2,(H2,12,17)(H,13,16). The third-order valence-electron chi connectivity index (χ3n) is 2.57. The van der Waals surface area contributed by atoms with Crippen molar-refractivity contribution in [1.82, 2.24) is 10.3 Å². The van der Waals surface area contributed by atoms with Crippen molar-refractivity contribution in [2.75, 3.05) is 24.5 Å². The lowest BCUT2D eigenvalue weighted by atomic mass is 10.3. The number of nitrogens with zero attached hydrogens (tertiary/aromatic N) is 2. The molecular weight excluding hydrogens is 236 g/mol. The van der Waals surface area contributed by atoms with E-state index in [9.17, 15) is 4.79 Å². The summed E-state index contributed by atoms with van der Waals surface area (Å²) in [6, 6.07) is 5.48. The number of carbonyl (C=O) groups excluding carboxylic acids is 1. The molecule has 0 aliphatic carbocycles. The van der Waals surface area contributed by atoms with Gasteiger partial charge < -0.3 is 16.0 Å². The summed E-state index contributed by atoms with van der Waals surface area (Å²) in [4.78, 5) is 18.0. The molecule has 0 radical (unpaired) electrons. The van der Waals surface area contributed by atoms with E-state index in [0.717, 1.165) is 18.8 Å². The molecule has 1 aliphatic heterocycles. The van der Waals surface area contributed by atoms with Gasteiger partial charge in [0.1, 0.15) is 10.8 Å². The molecule has 1 aromatic heterocycles. The Labute approximate surface area is 105 Å². The normalized spacial score (nSPS) is 16.2. The molecule has 5 nitrogen and oxygen atoms in total. The number of aromatic nitrogens is 1. The molecule has 6 heteroatoms. The molecule has 1 aromatic rings. The molecule has 17 heavy (non-hydrogen) atoms. The van der Waals surface area contributed by atoms with Crippen molar-refractivity contribution in [2.45, 2.75) is 6.42 Å². The molecule has 1 aliphatic rings. The van der Waals surface area contributed by atoms with Gasteiger partial charge in [0, 0.05) is 13.1 Å². The first-order valence-corrected chi connectivity index (χ1v) is 5.86. The number of nitrogens with two attached hydrogens (primary N) is 1. The molecule has 2 heterocycles. The zero-order valence-corrected chi connectivity index (χ0v) is 10.2. The van der Waals surface area contributed by atoms with E-state index >= 15 is 0 Å². The Balaban J connectivity index is 2.23. The second-order valence-corrected chi connectivity index (χ2v) is 4.31. The molecule has 0 unspecified atom stereocenters. The van der Waals surface area contributed by atoms with E-state index in [2.05, 4.69) is 10.3 Å². The second-order valence-electron chi connectivity index (χ2n) is 3.87. The zero-order valence-electron chi connectivity index (χ0n) is 9.35. The van der Waals surface area contributed by atoms with Crippen LogP contribution in [0.5, 0.6) is 0 Å². The molecule has 0 bridgehead atoms. The third kappa shape index (κ3) is 2.91. The van der Waals surface area contributed by atoms with Gasteiger partial charge in [-0.3, -0.25) is 4.79 Å². The Morgan fingerprint density at radius 3 is 3.12 bits per heavy atom. The van der Waals surface area contributed by atoms with Crippen LogP contribution in [0, 0.1) is 0 Å². The van der Waals surface area contributed by atoms with Crippen molar-refractivity contribution in [3.05, 3.63) is 23.9 Å². The predicted molar refractivity (Wildman–Crippen MR) is 70.0 cm³/mol. The average Bonchev–Trinajstić information content (AvgIpc) is 2.54. The van der Waals surface area contributed by atoms with E-state index in [-0.39, 0.29) is 10.9 Å². The molecule has 1 saturated heterocycles. The van der Waals surface area contributed by atoms with Crippen LogP contribution in [0.25, 0.3) is 0 Å². The van der Waals surface area contributed by atoms with Crippen molar-refractivity contribution in [2.24, 2.45) is 5.73 Å². The van der Waals surface area contributed by atoms with E-state index < -0.39 is 0 Å². The number of anilines is 1. The lowest BCUT2D eigenvalue weighted by molar-refractivity contribution is -0.119. The van der Waals surface area contributed by atoms with Gasteiger partial charge in [0.2, 0.25) is 5.91 Å². The first-order chi connectivity index (χ1) is 8.16. The minimum absolute atomic E-state index is 0.0185. The maximum Gasteiger partial charge on any atom is 0.239 e. The van der Waals surface area contributed by atoms with Crippen LogP contribution in [0.1, 0.15) is 12.1 Å². The summed E-state index contributed by atoms with van der Waals surface area (Å²) in [6.45, 7) is 1.84. The van der Waals surface area contributed by atoms with Gasteiger partial charge in [-0.05, 0) is 18.6 Å². The quantitative estimate of drug-likeness (QED) is 0.725. The van der Waals surface area contributed by atoms with Crippen molar-refractivity contribution in [3.63, 3.8) is 0 Å². The molecule has 0 atom stereocenters. The minimum atomic E-state index is 0.0185. The van der Waals surface area contributed by atoms with Crippen LogP contribution in [-0.2, 0) is 4.79 Å². The number of hydrogen-bond acceptors (Lipinski definition) is 4. The van der Waals surface area contributed by atoms with Gasteiger partial charge in [0.15, 0.2) is 0 Å². The number of pyridine rings is 1. The Morgan fingerprint density at radius 1 is 1.53 bits per heavy atom. The Morgan fingerprint density at radius 2 is 2.35 bits per heavy atom. The van der Waals surface area contributed by atoms with Crippen molar-refractivity contribution < 1.29 is 4.79 Å². The number of nitrogens with one attached hydrogen (secondary N) is 1. The maximum absolute atomic E-state index is 11.5. The number of carbonyl (C=O) groups is 1. The fourth-order valence-corrected chi connectivity index (χ4v) is 1.85. The number of rotatable bonds is 2. The molecule has 0 saturated carbocycles. The van der Waals surface area contributed by atoms with Gasteiger partial charge in [-0.25, -0.2) is 4.98 Å². The summed E-state index contributed by atoms with van der Waals surface area (Å²) < 4.78 is 0. The maximum atomic E-state index is 11.5. The van der Waals surface area contributed by atoms with E-state index in [4.69, 9.17) is 18.0 Å². The van der Waals surface area contributed by atoms with Crippen LogP contribution in [0.3, 0.4) is 0 Å². The van der Waals surface area contributed by atoms with Crippen molar-refractivity contribution in [3.8, 4) is 0 Å². The highest BCUT2D eigenvalue weighted by atomic mass is 32.1. The van der Waals surface area contributed by atoms with E-state index in [1.54, 1.807) is 6.07 Å². The number of amides is 1. The van der Waals surface area contributed by atoms with Gasteiger partial charge in [0.25, 0.3) is 0 Å². The highest BCUT2D eigenvalue weighted by Gasteiger charge is 2.16. The van der Waals surface area contributed by atoms with Crippen molar-refractivity contribution in [1.29, 1.82) is 0 Å². The first-order valence-electron chi connectivity index (χ1n) is 5.45. The number of hydrogen-bond donors (Lipinski definition) is 2. The van der Waals surface area contributed by atoms with Gasteiger partial charge in [0.05, 0.1) is 12.2 Å². The van der Waals surface area contributed by atoms with Crippen LogP contribution in [0.4, 0.5) is 5.82 Å². The predicted octanol–water partition coefficient (Wildman–Crippen LogP) is 0.0421. The third-order valence-corrected chi connectivity index (χ3v) is 2.78. The van der Waals surface area contributed by atoms with E-state index in [1.807, 2.05) is 17.0 Å². The van der Waals surface area contributed by atoms with Crippen LogP contribution in [-0.4, -0.2) is 35.5 Å². The monoisotopic (exact) mass is 250 g/mol. The summed E-state index contributed by atoms with van der Waals surface area (Å²) >= 11 is 4.89. The van der Waals surface area contributed by atoms with Crippen LogP contribution >= 0.6 is 12.2 Å². The highest BCUT2D eigenvalue weighted by Crippen LogP contribution is 2.12. The second kappa shape index (κ2) is 5.09. The Hall–Kier alpha value is -1.69. The summed E-state index contributed by atoms with van der Waals surface area (Å²) in [5, 5.41) is 2.82. The van der Waals surface area contributed by atoms with E-state index in [0.29, 0.717) is 18.8 Å². The van der Waals surface area contributed by atoms with Gasteiger partial charge in [-0.1, -0.05) is 18.3 Å². The van der Waals surface area contributed by atoms with Gasteiger partial charge >= 0.3 is 0 Å². The average molecular weight is 250 g/mol. The Bertz CT molecular complexity index is 449. The van der Waals surface area contributed by atoms with Gasteiger partial charge in [-0.2, -0.15) is 0 Å². The molecule has 3 N–H and O–H groups in total. The molecule has 0 spiro atoms. The zero-order chi connectivity index (χ0) is 12.3. The van der Waals surface area contributed by atoms with Gasteiger partial charge in [-0.15, -0.1) is 0 Å². The summed E-state index contributed by atoms with van der Waals surface area (Å²) in [7, 11) is 0. The number of thiocarbonyl (C=S) groups is 1. The topological polar surface area (TPSA) is 71.2 Å². The first kappa shape index (κ1) is 11.8. The Kier molecular flexibility index (Phi) is 3.53.